The van der Waals surface area contributed by atoms with Crippen molar-refractivity contribution in [3.63, 3.8) is 0 Å². The Labute approximate surface area is 263 Å². The molecule has 5 rings (SSSR count). The molecular weight excluding hydrogens is 575 g/mol. The number of allylic oxidation sites excluding steroid dienone is 4. The molecule has 0 bridgehead atoms. The molecule has 1 aromatic carbocycles. The van der Waals surface area contributed by atoms with Crippen molar-refractivity contribution in [2.75, 3.05) is 13.2 Å². The van der Waals surface area contributed by atoms with E-state index in [0.29, 0.717) is 54.8 Å². The van der Waals surface area contributed by atoms with Crippen LogP contribution in [0.5, 0.6) is 0 Å². The minimum absolute atomic E-state index is 0.174. The van der Waals surface area contributed by atoms with Crippen molar-refractivity contribution < 1.29 is 18.6 Å². The van der Waals surface area contributed by atoms with Crippen LogP contribution in [0.15, 0.2) is 63.9 Å². The Balaban J connectivity index is 1.54. The van der Waals surface area contributed by atoms with E-state index >= 15 is 0 Å². The van der Waals surface area contributed by atoms with E-state index in [1.165, 1.54) is 16.7 Å². The lowest BCUT2D eigenvalue weighted by molar-refractivity contribution is -0.163. The number of hydrogen-bond donors (Lipinski definition) is 0. The third kappa shape index (κ3) is 7.56. The summed E-state index contributed by atoms with van der Waals surface area (Å²) in [4.78, 5) is 32.7. The zero-order valence-electron chi connectivity index (χ0n) is 26.9. The summed E-state index contributed by atoms with van der Waals surface area (Å²) in [7, 11) is 0. The van der Waals surface area contributed by atoms with E-state index in [-0.39, 0.29) is 31.3 Å². The first-order valence-electron chi connectivity index (χ1n) is 16.1. The average Bonchev–Trinajstić information content (AvgIpc) is 3.36. The van der Waals surface area contributed by atoms with E-state index in [4.69, 9.17) is 19.2 Å². The average molecular weight is 621 g/mol. The van der Waals surface area contributed by atoms with E-state index in [1.807, 2.05) is 37.5 Å². The summed E-state index contributed by atoms with van der Waals surface area (Å²) in [6, 6.07) is 6.18. The van der Waals surface area contributed by atoms with Crippen LogP contribution in [0.1, 0.15) is 77.6 Å². The lowest BCUT2D eigenvalue weighted by Gasteiger charge is -2.32. The molecule has 0 N–H and O–H groups in total. The molecule has 0 amide bonds. The number of aryl methyl sites for hydroxylation is 1. The van der Waals surface area contributed by atoms with Gasteiger partial charge in [-0.1, -0.05) is 31.2 Å². The quantitative estimate of drug-likeness (QED) is 0.129. The van der Waals surface area contributed by atoms with Gasteiger partial charge in [0.15, 0.2) is 17.5 Å². The van der Waals surface area contributed by atoms with Crippen molar-refractivity contribution in [3.05, 3.63) is 92.4 Å². The van der Waals surface area contributed by atoms with Crippen LogP contribution in [-0.2, 0) is 33.8 Å². The van der Waals surface area contributed by atoms with Crippen molar-refractivity contribution in [1.82, 2.24) is 18.7 Å². The molecule has 10 heteroatoms. The Morgan fingerprint density at radius 2 is 1.87 bits per heavy atom. The number of rotatable bonds is 13. The highest BCUT2D eigenvalue weighted by Crippen LogP contribution is 2.31. The number of fused-ring (bicyclic) bond motifs is 1. The topological polar surface area (TPSA) is 89.5 Å². The van der Waals surface area contributed by atoms with Gasteiger partial charge < -0.3 is 18.8 Å². The number of hydrogen-bond acceptors (Lipinski definition) is 6. The van der Waals surface area contributed by atoms with E-state index in [1.54, 1.807) is 16.7 Å². The summed E-state index contributed by atoms with van der Waals surface area (Å²) >= 11 is 0. The first-order valence-corrected chi connectivity index (χ1v) is 16.1. The normalized spacial score (nSPS) is 20.0. The van der Waals surface area contributed by atoms with Crippen LogP contribution in [0, 0.1) is 11.7 Å². The molecule has 0 radical (unpaired) electrons. The monoisotopic (exact) mass is 620 g/mol. The second kappa shape index (κ2) is 14.6. The van der Waals surface area contributed by atoms with Crippen molar-refractivity contribution in [1.29, 1.82) is 0 Å². The standard InChI is InChI=1S/C35H45FN4O5/c1-6-38-33-31(34(41)39(35(38)42)17-9-19-44-30-10-7-8-18-43-30)40(22-26-12-14-27(36)15-13-26)32(37-33)29(23(2)3)16-11-25(5)45-28-20-24(4)21-28/h11-16,24,28,30H,5-10,17-22H2,1-4H3/b16-11-. The number of aromatic nitrogens is 4. The smallest absolute Gasteiger partial charge is 0.332 e. The lowest BCUT2D eigenvalue weighted by atomic mass is 9.84. The van der Waals surface area contributed by atoms with E-state index in [9.17, 15) is 14.0 Å². The Hall–Kier alpha value is -3.76. The molecule has 242 valence electrons. The molecule has 1 aliphatic carbocycles. The summed E-state index contributed by atoms with van der Waals surface area (Å²) in [5.74, 6) is 1.40. The van der Waals surface area contributed by atoms with Gasteiger partial charge in [0.05, 0.1) is 12.7 Å². The largest absolute Gasteiger partial charge is 0.491 e. The van der Waals surface area contributed by atoms with Gasteiger partial charge in [0.25, 0.3) is 5.56 Å². The lowest BCUT2D eigenvalue weighted by Crippen LogP contribution is -2.40. The van der Waals surface area contributed by atoms with Gasteiger partial charge in [-0.15, -0.1) is 0 Å². The number of benzene rings is 1. The first-order chi connectivity index (χ1) is 21.7. The van der Waals surface area contributed by atoms with Gasteiger partial charge in [0, 0.05) is 31.8 Å². The molecule has 2 aliphatic rings. The van der Waals surface area contributed by atoms with Crippen molar-refractivity contribution >= 4 is 16.7 Å². The van der Waals surface area contributed by atoms with Crippen LogP contribution in [0.3, 0.4) is 0 Å². The second-order valence-corrected chi connectivity index (χ2v) is 12.4. The van der Waals surface area contributed by atoms with E-state index < -0.39 is 11.2 Å². The third-order valence-electron chi connectivity index (χ3n) is 8.52. The molecule has 2 fully saturated rings. The number of imidazole rings is 1. The maximum absolute atomic E-state index is 14.1. The molecule has 3 heterocycles. The zero-order chi connectivity index (χ0) is 32.1. The first kappa shape index (κ1) is 32.6. The summed E-state index contributed by atoms with van der Waals surface area (Å²) in [5, 5.41) is 0. The fourth-order valence-electron chi connectivity index (χ4n) is 6.00. The number of halogens is 1. The molecule has 1 aliphatic heterocycles. The highest BCUT2D eigenvalue weighted by atomic mass is 19.1. The maximum Gasteiger partial charge on any atom is 0.332 e. The molecule has 1 saturated carbocycles. The van der Waals surface area contributed by atoms with Gasteiger partial charge in [0.1, 0.15) is 17.4 Å². The molecule has 1 saturated heterocycles. The highest BCUT2D eigenvalue weighted by Gasteiger charge is 2.27. The zero-order valence-corrected chi connectivity index (χ0v) is 26.9. The molecule has 1 unspecified atom stereocenters. The Morgan fingerprint density at radius 3 is 2.51 bits per heavy atom. The second-order valence-electron chi connectivity index (χ2n) is 12.4. The fraction of sp³-hybridized carbons (Fsp3) is 0.514. The Bertz CT molecular complexity index is 1680. The fourth-order valence-corrected chi connectivity index (χ4v) is 6.00. The SMILES string of the molecule is C=C(/C=C\C(=C(C)C)c1nc2c(c(=O)n(CCCOC3CCCCO3)c(=O)n2CC)n1Cc1ccc(F)cc1)OC1CC(C)C1. The molecule has 0 spiro atoms. The highest BCUT2D eigenvalue weighted by molar-refractivity contribution is 5.81. The molecule has 9 nitrogen and oxygen atoms in total. The van der Waals surface area contributed by atoms with Gasteiger partial charge in [-0.3, -0.25) is 13.9 Å². The summed E-state index contributed by atoms with van der Waals surface area (Å²) in [6.07, 6.45) is 9.11. The molecular formula is C35H45FN4O5. The predicted molar refractivity (Wildman–Crippen MR) is 173 cm³/mol. The Kier molecular flexibility index (Phi) is 10.6. The summed E-state index contributed by atoms with van der Waals surface area (Å²) < 4.78 is 36.0. The van der Waals surface area contributed by atoms with E-state index in [0.717, 1.165) is 48.8 Å². The molecule has 3 aromatic rings. The van der Waals surface area contributed by atoms with E-state index in [2.05, 4.69) is 13.5 Å². The van der Waals surface area contributed by atoms with Crippen LogP contribution in [0.2, 0.25) is 0 Å². The minimum Gasteiger partial charge on any atom is -0.491 e. The Morgan fingerprint density at radius 1 is 1.11 bits per heavy atom. The van der Waals surface area contributed by atoms with Crippen molar-refractivity contribution in [3.8, 4) is 0 Å². The third-order valence-corrected chi connectivity index (χ3v) is 8.52. The van der Waals surface area contributed by atoms with Crippen molar-refractivity contribution in [2.24, 2.45) is 5.92 Å². The van der Waals surface area contributed by atoms with Crippen LogP contribution in [-0.4, -0.2) is 44.3 Å². The minimum atomic E-state index is -0.418. The maximum atomic E-state index is 14.1. The number of nitrogens with zero attached hydrogens (tertiary/aromatic N) is 4. The van der Waals surface area contributed by atoms with Gasteiger partial charge in [0.2, 0.25) is 0 Å². The van der Waals surface area contributed by atoms with Crippen LogP contribution < -0.4 is 11.2 Å². The molecule has 2 aromatic heterocycles. The van der Waals surface area contributed by atoms with Crippen LogP contribution >= 0.6 is 0 Å². The van der Waals surface area contributed by atoms with Gasteiger partial charge in [-0.2, -0.15) is 0 Å². The van der Waals surface area contributed by atoms with Gasteiger partial charge >= 0.3 is 5.69 Å². The molecule has 45 heavy (non-hydrogen) atoms. The van der Waals surface area contributed by atoms with Gasteiger partial charge in [-0.05, 0) is 95.1 Å². The van der Waals surface area contributed by atoms with Crippen LogP contribution in [0.4, 0.5) is 4.39 Å². The predicted octanol–water partition coefficient (Wildman–Crippen LogP) is 6.18. The van der Waals surface area contributed by atoms with Crippen LogP contribution in [0.25, 0.3) is 16.7 Å². The molecule has 1 atom stereocenters. The summed E-state index contributed by atoms with van der Waals surface area (Å²) in [6.45, 7) is 13.9. The van der Waals surface area contributed by atoms with Gasteiger partial charge in [-0.25, -0.2) is 14.2 Å². The number of ether oxygens (including phenoxy) is 3. The van der Waals surface area contributed by atoms with Crippen molar-refractivity contribution in [2.45, 2.75) is 98.2 Å². The summed E-state index contributed by atoms with van der Waals surface area (Å²) in [5.41, 5.74) is 2.34.